The first-order chi connectivity index (χ1) is 12.2. The molecular weight excluding hydrogens is 312 g/mol. The van der Waals surface area contributed by atoms with Crippen LogP contribution in [0.5, 0.6) is 0 Å². The van der Waals surface area contributed by atoms with Crippen LogP contribution < -0.4 is 5.32 Å². The van der Waals surface area contributed by atoms with E-state index in [-0.39, 0.29) is 18.4 Å². The first-order valence-electron chi connectivity index (χ1n) is 8.59. The maximum atomic E-state index is 12.5. The van der Waals surface area contributed by atoms with Crippen LogP contribution in [0.4, 0.5) is 0 Å². The second kappa shape index (κ2) is 6.55. The Morgan fingerprint density at radius 3 is 2.76 bits per heavy atom. The molecule has 1 unspecified atom stereocenters. The number of aromatic nitrogens is 1. The summed E-state index contributed by atoms with van der Waals surface area (Å²) in [6, 6.07) is 18.1. The van der Waals surface area contributed by atoms with E-state index in [4.69, 9.17) is 4.42 Å². The van der Waals surface area contributed by atoms with Crippen LogP contribution in [0.25, 0.3) is 11.5 Å². The number of hydrogen-bond acceptors (Lipinski definition) is 3. The molecule has 2 aromatic carbocycles. The summed E-state index contributed by atoms with van der Waals surface area (Å²) in [5.41, 5.74) is 4.18. The first-order valence-corrected chi connectivity index (χ1v) is 8.59. The standard InChI is InChI=1S/C21H20N2O2/c1-14-19(23-21(25-14)16-8-3-2-4-9-16)13-20(24)22-18-12-11-15-7-5-6-10-17(15)18/h2-10,18H,11-13H2,1H3,(H,22,24). The molecule has 1 amide bonds. The highest BCUT2D eigenvalue weighted by atomic mass is 16.4. The van der Waals surface area contributed by atoms with Gasteiger partial charge in [0.1, 0.15) is 5.76 Å². The van der Waals surface area contributed by atoms with Crippen molar-refractivity contribution in [1.29, 1.82) is 0 Å². The summed E-state index contributed by atoms with van der Waals surface area (Å²) >= 11 is 0. The zero-order valence-corrected chi connectivity index (χ0v) is 14.2. The van der Waals surface area contributed by atoms with Gasteiger partial charge in [0.25, 0.3) is 0 Å². The van der Waals surface area contributed by atoms with Gasteiger partial charge < -0.3 is 9.73 Å². The summed E-state index contributed by atoms with van der Waals surface area (Å²) in [5, 5.41) is 3.14. The number of amides is 1. The van der Waals surface area contributed by atoms with Crippen LogP contribution in [0.1, 0.15) is 35.0 Å². The molecule has 1 atom stereocenters. The van der Waals surface area contributed by atoms with E-state index in [1.807, 2.05) is 49.4 Å². The van der Waals surface area contributed by atoms with Gasteiger partial charge >= 0.3 is 0 Å². The van der Waals surface area contributed by atoms with Crippen molar-refractivity contribution in [2.24, 2.45) is 0 Å². The molecule has 0 radical (unpaired) electrons. The van der Waals surface area contributed by atoms with E-state index in [9.17, 15) is 4.79 Å². The smallest absolute Gasteiger partial charge is 0.226 e. The van der Waals surface area contributed by atoms with Gasteiger partial charge in [0, 0.05) is 5.56 Å². The van der Waals surface area contributed by atoms with Crippen molar-refractivity contribution < 1.29 is 9.21 Å². The number of nitrogens with one attached hydrogen (secondary N) is 1. The highest BCUT2D eigenvalue weighted by molar-refractivity contribution is 5.79. The summed E-state index contributed by atoms with van der Waals surface area (Å²) < 4.78 is 5.74. The highest BCUT2D eigenvalue weighted by Gasteiger charge is 2.24. The summed E-state index contributed by atoms with van der Waals surface area (Å²) in [5.74, 6) is 1.24. The Balaban J connectivity index is 1.46. The number of carbonyl (C=O) groups is 1. The van der Waals surface area contributed by atoms with Gasteiger partial charge in [-0.15, -0.1) is 0 Å². The molecule has 25 heavy (non-hydrogen) atoms. The molecule has 0 aliphatic heterocycles. The molecule has 0 fully saturated rings. The largest absolute Gasteiger partial charge is 0.441 e. The van der Waals surface area contributed by atoms with Gasteiger partial charge in [-0.1, -0.05) is 42.5 Å². The second-order valence-corrected chi connectivity index (χ2v) is 6.42. The van der Waals surface area contributed by atoms with E-state index >= 15 is 0 Å². The van der Waals surface area contributed by atoms with Crippen LogP contribution in [0.2, 0.25) is 0 Å². The van der Waals surface area contributed by atoms with Gasteiger partial charge in [0.05, 0.1) is 18.2 Å². The van der Waals surface area contributed by atoms with Crippen LogP contribution in [-0.4, -0.2) is 10.9 Å². The van der Waals surface area contributed by atoms with E-state index in [2.05, 4.69) is 22.4 Å². The molecule has 1 aliphatic carbocycles. The molecule has 0 saturated carbocycles. The van der Waals surface area contributed by atoms with Gasteiger partial charge in [-0.25, -0.2) is 4.98 Å². The van der Waals surface area contributed by atoms with E-state index in [0.29, 0.717) is 17.3 Å². The molecule has 4 rings (SSSR count). The lowest BCUT2D eigenvalue weighted by molar-refractivity contribution is -0.121. The van der Waals surface area contributed by atoms with Crippen LogP contribution in [0.3, 0.4) is 0 Å². The zero-order valence-electron chi connectivity index (χ0n) is 14.2. The maximum absolute atomic E-state index is 12.5. The predicted molar refractivity (Wildman–Crippen MR) is 96.0 cm³/mol. The number of rotatable bonds is 4. The molecule has 0 spiro atoms. The number of hydrogen-bond donors (Lipinski definition) is 1. The number of nitrogens with zero attached hydrogens (tertiary/aromatic N) is 1. The molecule has 4 heteroatoms. The number of aryl methyl sites for hydroxylation is 2. The Hall–Kier alpha value is -2.88. The van der Waals surface area contributed by atoms with Crippen molar-refractivity contribution in [3.8, 4) is 11.5 Å². The minimum absolute atomic E-state index is 0.0160. The lowest BCUT2D eigenvalue weighted by Crippen LogP contribution is -2.28. The Bertz CT molecular complexity index is 899. The van der Waals surface area contributed by atoms with Crippen molar-refractivity contribution in [3.05, 3.63) is 77.2 Å². The fourth-order valence-electron chi connectivity index (χ4n) is 3.40. The molecule has 3 aromatic rings. The third-order valence-electron chi connectivity index (χ3n) is 4.71. The van der Waals surface area contributed by atoms with Crippen molar-refractivity contribution in [1.82, 2.24) is 10.3 Å². The zero-order chi connectivity index (χ0) is 17.2. The molecule has 126 valence electrons. The van der Waals surface area contributed by atoms with Gasteiger partial charge in [0.15, 0.2) is 0 Å². The topological polar surface area (TPSA) is 55.1 Å². The van der Waals surface area contributed by atoms with Crippen LogP contribution >= 0.6 is 0 Å². The minimum Gasteiger partial charge on any atom is -0.441 e. The fourth-order valence-corrected chi connectivity index (χ4v) is 3.40. The number of carbonyl (C=O) groups excluding carboxylic acids is 1. The third kappa shape index (κ3) is 3.20. The summed E-state index contributed by atoms with van der Waals surface area (Å²) in [4.78, 5) is 17.0. The number of oxazole rings is 1. The van der Waals surface area contributed by atoms with Crippen LogP contribution in [-0.2, 0) is 17.6 Å². The van der Waals surface area contributed by atoms with Crippen LogP contribution in [0, 0.1) is 6.92 Å². The van der Waals surface area contributed by atoms with E-state index in [1.54, 1.807) is 0 Å². The third-order valence-corrected chi connectivity index (χ3v) is 4.71. The quantitative estimate of drug-likeness (QED) is 0.786. The molecular formula is C21H20N2O2. The Kier molecular flexibility index (Phi) is 4.10. The Morgan fingerprint density at radius 2 is 1.92 bits per heavy atom. The SMILES string of the molecule is Cc1oc(-c2ccccc2)nc1CC(=O)NC1CCc2ccccc21. The second-order valence-electron chi connectivity index (χ2n) is 6.42. The summed E-state index contributed by atoms with van der Waals surface area (Å²) in [6.07, 6.45) is 2.21. The molecule has 1 N–H and O–H groups in total. The van der Waals surface area contributed by atoms with Crippen molar-refractivity contribution >= 4 is 5.91 Å². The van der Waals surface area contributed by atoms with Gasteiger partial charge in [-0.2, -0.15) is 0 Å². The average Bonchev–Trinajstić information content (AvgIpc) is 3.20. The molecule has 1 aliphatic rings. The lowest BCUT2D eigenvalue weighted by Gasteiger charge is -2.13. The molecule has 0 saturated heterocycles. The molecule has 1 aromatic heterocycles. The predicted octanol–water partition coefficient (Wildman–Crippen LogP) is 4.00. The van der Waals surface area contributed by atoms with E-state index in [0.717, 1.165) is 18.4 Å². The summed E-state index contributed by atoms with van der Waals surface area (Å²) in [7, 11) is 0. The van der Waals surface area contributed by atoms with Crippen molar-refractivity contribution in [3.63, 3.8) is 0 Å². The van der Waals surface area contributed by atoms with Crippen molar-refractivity contribution in [2.45, 2.75) is 32.2 Å². The van der Waals surface area contributed by atoms with Gasteiger partial charge in [0.2, 0.25) is 11.8 Å². The Morgan fingerprint density at radius 1 is 1.16 bits per heavy atom. The van der Waals surface area contributed by atoms with E-state index < -0.39 is 0 Å². The van der Waals surface area contributed by atoms with Gasteiger partial charge in [-0.3, -0.25) is 4.79 Å². The fraction of sp³-hybridized carbons (Fsp3) is 0.238. The summed E-state index contributed by atoms with van der Waals surface area (Å²) in [6.45, 7) is 1.85. The number of fused-ring (bicyclic) bond motifs is 1. The van der Waals surface area contributed by atoms with Crippen molar-refractivity contribution in [2.75, 3.05) is 0 Å². The monoisotopic (exact) mass is 332 g/mol. The number of benzene rings is 2. The van der Waals surface area contributed by atoms with E-state index in [1.165, 1.54) is 11.1 Å². The average molecular weight is 332 g/mol. The highest BCUT2D eigenvalue weighted by Crippen LogP contribution is 2.30. The maximum Gasteiger partial charge on any atom is 0.226 e. The normalized spacial score (nSPS) is 15.8. The van der Waals surface area contributed by atoms with Gasteiger partial charge in [-0.05, 0) is 43.0 Å². The molecule has 4 nitrogen and oxygen atoms in total. The van der Waals surface area contributed by atoms with Crippen LogP contribution in [0.15, 0.2) is 59.0 Å². The molecule has 1 heterocycles. The lowest BCUT2D eigenvalue weighted by atomic mass is 10.1. The Labute approximate surface area is 146 Å². The molecule has 0 bridgehead atoms. The minimum atomic E-state index is -0.0160. The first kappa shape index (κ1) is 15.6.